The van der Waals surface area contributed by atoms with Gasteiger partial charge in [0.1, 0.15) is 0 Å². The third-order valence-electron chi connectivity index (χ3n) is 1.86. The summed E-state index contributed by atoms with van der Waals surface area (Å²) in [7, 11) is 0. The molecule has 0 heterocycles. The van der Waals surface area contributed by atoms with Crippen LogP contribution in [-0.4, -0.2) is 23.8 Å². The molecule has 1 N–H and O–H groups in total. The standard InChI is InChI=1S/C13H19ClO2S/c1-3-5-6-7-12(14)9-8-11(10-17)13(15)16-4-2/h3,6-9,13,15,17H,1,4-5,10H2,2H3/b7-6?,11-8+,12-9-. The zero-order valence-corrected chi connectivity index (χ0v) is 11.6. The molecule has 1 atom stereocenters. The van der Waals surface area contributed by atoms with Crippen molar-refractivity contribution in [3.8, 4) is 0 Å². The molecule has 0 bridgehead atoms. The molecule has 0 aromatic carbocycles. The monoisotopic (exact) mass is 274 g/mol. The molecule has 0 radical (unpaired) electrons. The lowest BCUT2D eigenvalue weighted by molar-refractivity contribution is -0.0664. The molecule has 0 saturated carbocycles. The van der Waals surface area contributed by atoms with Gasteiger partial charge < -0.3 is 9.84 Å². The van der Waals surface area contributed by atoms with Gasteiger partial charge in [-0.1, -0.05) is 29.8 Å². The first-order valence-electron chi connectivity index (χ1n) is 5.39. The second-order valence-electron chi connectivity index (χ2n) is 3.19. The minimum Gasteiger partial charge on any atom is -0.364 e. The molecule has 0 aromatic rings. The lowest BCUT2D eigenvalue weighted by Crippen LogP contribution is -2.15. The van der Waals surface area contributed by atoms with Crippen LogP contribution >= 0.6 is 24.2 Å². The van der Waals surface area contributed by atoms with Crippen LogP contribution in [0.4, 0.5) is 0 Å². The molecular weight excluding hydrogens is 256 g/mol. The van der Waals surface area contributed by atoms with Gasteiger partial charge in [0.2, 0.25) is 0 Å². The summed E-state index contributed by atoms with van der Waals surface area (Å²) in [6.07, 6.45) is 8.74. The summed E-state index contributed by atoms with van der Waals surface area (Å²) in [5.74, 6) is 0.415. The number of hydrogen-bond donors (Lipinski definition) is 2. The number of allylic oxidation sites excluding steroid dienone is 6. The lowest BCUT2D eigenvalue weighted by atomic mass is 10.2. The van der Waals surface area contributed by atoms with Crippen LogP contribution in [0.3, 0.4) is 0 Å². The van der Waals surface area contributed by atoms with Gasteiger partial charge in [0.25, 0.3) is 0 Å². The average molecular weight is 275 g/mol. The molecule has 0 aromatic heterocycles. The van der Waals surface area contributed by atoms with Crippen molar-refractivity contribution in [2.45, 2.75) is 19.6 Å². The SMILES string of the molecule is C=CCC=C/C(Cl)=C/C=C(\CS)C(O)OCC. The van der Waals surface area contributed by atoms with Gasteiger partial charge in [-0.05, 0) is 31.1 Å². The van der Waals surface area contributed by atoms with Gasteiger partial charge in [-0.3, -0.25) is 0 Å². The van der Waals surface area contributed by atoms with Crippen molar-refractivity contribution < 1.29 is 9.84 Å². The van der Waals surface area contributed by atoms with Gasteiger partial charge in [-0.2, -0.15) is 12.6 Å². The Morgan fingerprint density at radius 1 is 1.53 bits per heavy atom. The molecule has 0 aliphatic heterocycles. The van der Waals surface area contributed by atoms with Crippen molar-refractivity contribution in [1.29, 1.82) is 0 Å². The highest BCUT2D eigenvalue weighted by atomic mass is 35.5. The highest BCUT2D eigenvalue weighted by Gasteiger charge is 2.07. The van der Waals surface area contributed by atoms with Crippen molar-refractivity contribution in [3.05, 3.63) is 47.6 Å². The van der Waals surface area contributed by atoms with E-state index < -0.39 is 6.29 Å². The van der Waals surface area contributed by atoms with Gasteiger partial charge in [0.05, 0.1) is 0 Å². The Morgan fingerprint density at radius 3 is 2.76 bits per heavy atom. The van der Waals surface area contributed by atoms with Crippen LogP contribution in [0.15, 0.2) is 47.6 Å². The topological polar surface area (TPSA) is 29.5 Å². The number of aliphatic hydroxyl groups excluding tert-OH is 1. The molecule has 2 nitrogen and oxygen atoms in total. The van der Waals surface area contributed by atoms with Crippen molar-refractivity contribution >= 4 is 24.2 Å². The Morgan fingerprint density at radius 2 is 2.24 bits per heavy atom. The van der Waals surface area contributed by atoms with E-state index in [9.17, 15) is 5.11 Å². The molecule has 0 saturated heterocycles. The van der Waals surface area contributed by atoms with Crippen LogP contribution in [0.25, 0.3) is 0 Å². The number of rotatable bonds is 8. The molecule has 96 valence electrons. The van der Waals surface area contributed by atoms with Gasteiger partial charge >= 0.3 is 0 Å². The Bertz CT molecular complexity index is 309. The normalized spacial score (nSPS) is 15.3. The fourth-order valence-electron chi connectivity index (χ4n) is 0.997. The van der Waals surface area contributed by atoms with Crippen LogP contribution in [0.2, 0.25) is 0 Å². The summed E-state index contributed by atoms with van der Waals surface area (Å²) >= 11 is 10.1. The summed E-state index contributed by atoms with van der Waals surface area (Å²) < 4.78 is 5.06. The minimum absolute atomic E-state index is 0.415. The second kappa shape index (κ2) is 10.7. The summed E-state index contributed by atoms with van der Waals surface area (Å²) in [5.41, 5.74) is 0.672. The lowest BCUT2D eigenvalue weighted by Gasteiger charge is -2.12. The van der Waals surface area contributed by atoms with Crippen LogP contribution in [-0.2, 0) is 4.74 Å². The first kappa shape index (κ1) is 16.5. The summed E-state index contributed by atoms with van der Waals surface area (Å²) in [6, 6.07) is 0. The zero-order chi connectivity index (χ0) is 13.1. The molecule has 4 heteroatoms. The van der Waals surface area contributed by atoms with E-state index in [1.807, 2.05) is 13.0 Å². The maximum atomic E-state index is 9.59. The number of aliphatic hydroxyl groups is 1. The van der Waals surface area contributed by atoms with Crippen LogP contribution in [0.5, 0.6) is 0 Å². The quantitative estimate of drug-likeness (QED) is 0.307. The second-order valence-corrected chi connectivity index (χ2v) is 3.94. The van der Waals surface area contributed by atoms with E-state index in [0.29, 0.717) is 23.0 Å². The smallest absolute Gasteiger partial charge is 0.178 e. The number of halogens is 1. The molecule has 1 unspecified atom stereocenters. The predicted molar refractivity (Wildman–Crippen MR) is 77.5 cm³/mol. The Balaban J connectivity index is 4.51. The van der Waals surface area contributed by atoms with Gasteiger partial charge in [0, 0.05) is 17.4 Å². The maximum absolute atomic E-state index is 9.59. The van der Waals surface area contributed by atoms with E-state index >= 15 is 0 Å². The van der Waals surface area contributed by atoms with E-state index in [1.165, 1.54) is 0 Å². The molecule has 17 heavy (non-hydrogen) atoms. The molecule has 0 amide bonds. The predicted octanol–water partition coefficient (Wildman–Crippen LogP) is 3.45. The zero-order valence-electron chi connectivity index (χ0n) is 9.97. The summed E-state index contributed by atoms with van der Waals surface area (Å²) in [4.78, 5) is 0. The largest absolute Gasteiger partial charge is 0.364 e. The number of ether oxygens (including phenoxy) is 1. The number of hydrogen-bond acceptors (Lipinski definition) is 3. The molecule has 0 aliphatic carbocycles. The minimum atomic E-state index is -0.921. The average Bonchev–Trinajstić information content (AvgIpc) is 2.30. The van der Waals surface area contributed by atoms with Crippen molar-refractivity contribution in [3.63, 3.8) is 0 Å². The first-order chi connectivity index (χ1) is 8.15. The fraction of sp³-hybridized carbons (Fsp3) is 0.385. The highest BCUT2D eigenvalue weighted by Crippen LogP contribution is 2.10. The van der Waals surface area contributed by atoms with Crippen molar-refractivity contribution in [2.24, 2.45) is 0 Å². The van der Waals surface area contributed by atoms with Gasteiger partial charge in [0.15, 0.2) is 6.29 Å². The van der Waals surface area contributed by atoms with E-state index in [2.05, 4.69) is 19.2 Å². The third-order valence-corrected chi connectivity index (χ3v) is 2.48. The third kappa shape index (κ3) is 8.27. The summed E-state index contributed by atoms with van der Waals surface area (Å²) in [6.45, 7) is 5.87. The maximum Gasteiger partial charge on any atom is 0.178 e. The van der Waals surface area contributed by atoms with E-state index in [1.54, 1.807) is 24.3 Å². The molecule has 0 spiro atoms. The van der Waals surface area contributed by atoms with E-state index in [4.69, 9.17) is 16.3 Å². The molecule has 0 fully saturated rings. The molecule has 0 rings (SSSR count). The van der Waals surface area contributed by atoms with Crippen molar-refractivity contribution in [2.75, 3.05) is 12.4 Å². The molecular formula is C13H19ClO2S. The van der Waals surface area contributed by atoms with Crippen LogP contribution in [0.1, 0.15) is 13.3 Å². The van der Waals surface area contributed by atoms with Crippen LogP contribution < -0.4 is 0 Å². The van der Waals surface area contributed by atoms with Crippen LogP contribution in [0, 0.1) is 0 Å². The molecule has 0 aliphatic rings. The fourth-order valence-corrected chi connectivity index (χ4v) is 1.41. The van der Waals surface area contributed by atoms with E-state index in [-0.39, 0.29) is 0 Å². The first-order valence-corrected chi connectivity index (χ1v) is 6.40. The number of thiol groups is 1. The highest BCUT2D eigenvalue weighted by molar-refractivity contribution is 7.80. The summed E-state index contributed by atoms with van der Waals surface area (Å²) in [5, 5.41) is 10.2. The Hall–Kier alpha value is -0.480. The Labute approximate surface area is 114 Å². The van der Waals surface area contributed by atoms with Gasteiger partial charge in [-0.25, -0.2) is 0 Å². The Kier molecular flexibility index (Phi) is 10.4. The van der Waals surface area contributed by atoms with Crippen molar-refractivity contribution in [1.82, 2.24) is 0 Å². The van der Waals surface area contributed by atoms with E-state index in [0.717, 1.165) is 6.42 Å². The van der Waals surface area contributed by atoms with Gasteiger partial charge in [-0.15, -0.1) is 6.58 Å².